The lowest BCUT2D eigenvalue weighted by Crippen LogP contribution is -2.30. The highest BCUT2D eigenvalue weighted by Crippen LogP contribution is 2.24. The number of amides is 1. The number of hydrogen-bond donors (Lipinski definition) is 3. The van der Waals surface area contributed by atoms with Crippen LogP contribution in [0.5, 0.6) is 0 Å². The number of nitrogens with zero attached hydrogens (tertiary/aromatic N) is 1. The molecule has 1 unspecified atom stereocenters. The molecule has 0 saturated carbocycles. The first kappa shape index (κ1) is 15.9. The molecule has 7 nitrogen and oxygen atoms in total. The van der Waals surface area contributed by atoms with Crippen molar-refractivity contribution >= 4 is 17.3 Å². The number of benzene rings is 1. The van der Waals surface area contributed by atoms with E-state index in [1.54, 1.807) is 0 Å². The molecule has 0 heterocycles. The first-order valence-electron chi connectivity index (χ1n) is 6.43. The molecule has 110 valence electrons. The number of nitro groups is 1. The Morgan fingerprint density at radius 1 is 1.55 bits per heavy atom. The number of anilines is 1. The third kappa shape index (κ3) is 3.92. The Balaban J connectivity index is 2.78. The zero-order valence-corrected chi connectivity index (χ0v) is 11.3. The van der Waals surface area contributed by atoms with Gasteiger partial charge in [-0.05, 0) is 18.4 Å². The second kappa shape index (κ2) is 7.44. The second-order valence-electron chi connectivity index (χ2n) is 4.49. The van der Waals surface area contributed by atoms with E-state index in [-0.39, 0.29) is 29.5 Å². The number of nitrogen functional groups attached to an aromatic ring is 1. The molecule has 1 rings (SSSR count). The SMILES string of the molecule is CCC(CCO)CNC(=O)c1cccc([N+](=O)[O-])c1N. The van der Waals surface area contributed by atoms with E-state index in [4.69, 9.17) is 10.8 Å². The van der Waals surface area contributed by atoms with Gasteiger partial charge in [0.15, 0.2) is 0 Å². The van der Waals surface area contributed by atoms with Crippen LogP contribution in [-0.2, 0) is 0 Å². The molecule has 1 aromatic carbocycles. The van der Waals surface area contributed by atoms with Gasteiger partial charge in [0.2, 0.25) is 0 Å². The highest BCUT2D eigenvalue weighted by Gasteiger charge is 2.19. The molecular weight excluding hydrogens is 262 g/mol. The van der Waals surface area contributed by atoms with Gasteiger partial charge < -0.3 is 16.2 Å². The van der Waals surface area contributed by atoms with Crippen molar-refractivity contribution in [1.29, 1.82) is 0 Å². The van der Waals surface area contributed by atoms with E-state index in [0.717, 1.165) is 6.42 Å². The molecule has 0 bridgehead atoms. The average Bonchev–Trinajstić information content (AvgIpc) is 2.43. The molecule has 0 aliphatic rings. The summed E-state index contributed by atoms with van der Waals surface area (Å²) in [6.07, 6.45) is 1.42. The molecule has 0 radical (unpaired) electrons. The summed E-state index contributed by atoms with van der Waals surface area (Å²) in [5.74, 6) is -0.272. The van der Waals surface area contributed by atoms with Crippen LogP contribution >= 0.6 is 0 Å². The number of hydrogen-bond acceptors (Lipinski definition) is 5. The van der Waals surface area contributed by atoms with Crippen LogP contribution in [0, 0.1) is 16.0 Å². The lowest BCUT2D eigenvalue weighted by atomic mass is 10.0. The summed E-state index contributed by atoms with van der Waals surface area (Å²) in [5.41, 5.74) is 5.32. The maximum Gasteiger partial charge on any atom is 0.292 e. The van der Waals surface area contributed by atoms with Crippen LogP contribution in [0.25, 0.3) is 0 Å². The number of nitrogens with two attached hydrogens (primary N) is 1. The lowest BCUT2D eigenvalue weighted by molar-refractivity contribution is -0.383. The third-order valence-electron chi connectivity index (χ3n) is 3.19. The van der Waals surface area contributed by atoms with E-state index in [1.165, 1.54) is 18.2 Å². The summed E-state index contributed by atoms with van der Waals surface area (Å²) in [5, 5.41) is 22.3. The van der Waals surface area contributed by atoms with E-state index < -0.39 is 10.8 Å². The van der Waals surface area contributed by atoms with Crippen molar-refractivity contribution < 1.29 is 14.8 Å². The topological polar surface area (TPSA) is 118 Å². The molecule has 0 aromatic heterocycles. The van der Waals surface area contributed by atoms with Gasteiger partial charge in [-0.3, -0.25) is 14.9 Å². The number of aliphatic hydroxyl groups is 1. The molecule has 0 aliphatic heterocycles. The second-order valence-corrected chi connectivity index (χ2v) is 4.49. The van der Waals surface area contributed by atoms with Crippen molar-refractivity contribution in [2.45, 2.75) is 19.8 Å². The summed E-state index contributed by atoms with van der Waals surface area (Å²) in [6, 6.07) is 4.13. The molecule has 1 aromatic rings. The molecule has 1 atom stereocenters. The Labute approximate surface area is 116 Å². The fourth-order valence-corrected chi connectivity index (χ4v) is 1.88. The Morgan fingerprint density at radius 2 is 2.25 bits per heavy atom. The van der Waals surface area contributed by atoms with E-state index in [9.17, 15) is 14.9 Å². The van der Waals surface area contributed by atoms with Crippen LogP contribution < -0.4 is 11.1 Å². The molecule has 0 saturated heterocycles. The fourth-order valence-electron chi connectivity index (χ4n) is 1.88. The predicted octanol–water partition coefficient (Wildman–Crippen LogP) is 1.32. The average molecular weight is 281 g/mol. The minimum Gasteiger partial charge on any atom is -0.396 e. The summed E-state index contributed by atoms with van der Waals surface area (Å²) < 4.78 is 0. The van der Waals surface area contributed by atoms with Crippen LogP contribution in [-0.4, -0.2) is 29.1 Å². The highest BCUT2D eigenvalue weighted by atomic mass is 16.6. The molecular formula is C13H19N3O4. The van der Waals surface area contributed by atoms with Crippen LogP contribution in [0.1, 0.15) is 30.1 Å². The Hall–Kier alpha value is -2.15. The Kier molecular flexibility index (Phi) is 5.92. The number of nitro benzene ring substituents is 1. The minimum absolute atomic E-state index is 0.0628. The van der Waals surface area contributed by atoms with E-state index >= 15 is 0 Å². The Bertz CT molecular complexity index is 491. The molecule has 0 aliphatic carbocycles. The van der Waals surface area contributed by atoms with Gasteiger partial charge in [-0.2, -0.15) is 0 Å². The van der Waals surface area contributed by atoms with E-state index in [2.05, 4.69) is 5.32 Å². The van der Waals surface area contributed by atoms with Crippen molar-refractivity contribution in [1.82, 2.24) is 5.32 Å². The lowest BCUT2D eigenvalue weighted by Gasteiger charge is -2.14. The number of aliphatic hydroxyl groups excluding tert-OH is 1. The summed E-state index contributed by atoms with van der Waals surface area (Å²) in [7, 11) is 0. The van der Waals surface area contributed by atoms with Gasteiger partial charge in [-0.15, -0.1) is 0 Å². The van der Waals surface area contributed by atoms with Crippen molar-refractivity contribution in [2.75, 3.05) is 18.9 Å². The number of carbonyl (C=O) groups excluding carboxylic acids is 1. The number of rotatable bonds is 7. The maximum atomic E-state index is 12.0. The van der Waals surface area contributed by atoms with Crippen LogP contribution in [0.3, 0.4) is 0 Å². The van der Waals surface area contributed by atoms with E-state index in [1.807, 2.05) is 6.92 Å². The monoisotopic (exact) mass is 281 g/mol. The van der Waals surface area contributed by atoms with Crippen molar-refractivity contribution in [3.8, 4) is 0 Å². The van der Waals surface area contributed by atoms with Gasteiger partial charge in [0, 0.05) is 19.2 Å². The standard InChI is InChI=1S/C13H19N3O4/c1-2-9(6-7-17)8-15-13(18)10-4-3-5-11(12(10)14)16(19)20/h3-5,9,17H,2,6-8,14H2,1H3,(H,15,18). The molecule has 1 amide bonds. The minimum atomic E-state index is -0.618. The van der Waals surface area contributed by atoms with Crippen LogP contribution in [0.4, 0.5) is 11.4 Å². The first-order chi connectivity index (χ1) is 9.51. The van der Waals surface area contributed by atoms with Crippen LogP contribution in [0.2, 0.25) is 0 Å². The van der Waals surface area contributed by atoms with Crippen molar-refractivity contribution in [2.24, 2.45) is 5.92 Å². The maximum absolute atomic E-state index is 12.0. The molecule has 4 N–H and O–H groups in total. The zero-order valence-electron chi connectivity index (χ0n) is 11.3. The molecule has 7 heteroatoms. The number of para-hydroxylation sites is 1. The van der Waals surface area contributed by atoms with Gasteiger partial charge >= 0.3 is 0 Å². The van der Waals surface area contributed by atoms with Gasteiger partial charge in [0.25, 0.3) is 11.6 Å². The van der Waals surface area contributed by atoms with Gasteiger partial charge in [0.1, 0.15) is 5.69 Å². The summed E-state index contributed by atoms with van der Waals surface area (Å²) in [6.45, 7) is 2.43. The summed E-state index contributed by atoms with van der Waals surface area (Å²) >= 11 is 0. The zero-order chi connectivity index (χ0) is 15.1. The van der Waals surface area contributed by atoms with Crippen molar-refractivity contribution in [3.63, 3.8) is 0 Å². The molecule has 0 fully saturated rings. The van der Waals surface area contributed by atoms with E-state index in [0.29, 0.717) is 13.0 Å². The van der Waals surface area contributed by atoms with Gasteiger partial charge in [-0.1, -0.05) is 19.4 Å². The fraction of sp³-hybridized carbons (Fsp3) is 0.462. The smallest absolute Gasteiger partial charge is 0.292 e. The quantitative estimate of drug-likeness (QED) is 0.395. The Morgan fingerprint density at radius 3 is 2.80 bits per heavy atom. The van der Waals surface area contributed by atoms with Crippen molar-refractivity contribution in [3.05, 3.63) is 33.9 Å². The first-order valence-corrected chi connectivity index (χ1v) is 6.43. The normalized spacial score (nSPS) is 11.9. The molecule has 0 spiro atoms. The molecule has 20 heavy (non-hydrogen) atoms. The highest BCUT2D eigenvalue weighted by molar-refractivity contribution is 6.00. The number of nitrogens with one attached hydrogen (secondary N) is 1. The van der Waals surface area contributed by atoms with Gasteiger partial charge in [-0.25, -0.2) is 0 Å². The predicted molar refractivity (Wildman–Crippen MR) is 75.3 cm³/mol. The number of carbonyl (C=O) groups is 1. The third-order valence-corrected chi connectivity index (χ3v) is 3.19. The van der Waals surface area contributed by atoms with Crippen LogP contribution in [0.15, 0.2) is 18.2 Å². The summed E-state index contributed by atoms with van der Waals surface area (Å²) in [4.78, 5) is 22.1. The van der Waals surface area contributed by atoms with Gasteiger partial charge in [0.05, 0.1) is 10.5 Å². The largest absolute Gasteiger partial charge is 0.396 e.